The van der Waals surface area contributed by atoms with Crippen LogP contribution >= 0.6 is 11.3 Å². The fourth-order valence-electron chi connectivity index (χ4n) is 2.99. The molecule has 0 unspecified atom stereocenters. The predicted octanol–water partition coefficient (Wildman–Crippen LogP) is 2.69. The van der Waals surface area contributed by atoms with Crippen molar-refractivity contribution in [2.45, 2.75) is 39.0 Å². The van der Waals surface area contributed by atoms with E-state index in [2.05, 4.69) is 10.1 Å². The second kappa shape index (κ2) is 9.50. The van der Waals surface area contributed by atoms with Crippen LogP contribution in [-0.2, 0) is 23.8 Å². The van der Waals surface area contributed by atoms with Gasteiger partial charge in [-0.2, -0.15) is 0 Å². The molecule has 1 aromatic rings. The summed E-state index contributed by atoms with van der Waals surface area (Å²) in [4.78, 5) is 48.3. The first-order valence-electron chi connectivity index (χ1n) is 8.65. The summed E-state index contributed by atoms with van der Waals surface area (Å²) in [5.41, 5.74) is 0.433. The molecule has 0 spiro atoms. The zero-order chi connectivity index (χ0) is 20.0. The van der Waals surface area contributed by atoms with Crippen LogP contribution in [0.4, 0.5) is 5.00 Å². The highest BCUT2D eigenvalue weighted by atomic mass is 32.1. The molecule has 1 saturated carbocycles. The van der Waals surface area contributed by atoms with Gasteiger partial charge in [0.05, 0.1) is 25.7 Å². The van der Waals surface area contributed by atoms with E-state index in [9.17, 15) is 19.2 Å². The normalized spacial score (nSPS) is 14.3. The van der Waals surface area contributed by atoms with E-state index in [1.54, 1.807) is 6.92 Å². The summed E-state index contributed by atoms with van der Waals surface area (Å²) in [5, 5.41) is 2.67. The van der Waals surface area contributed by atoms with Crippen LogP contribution < -0.4 is 5.32 Å². The molecule has 27 heavy (non-hydrogen) atoms. The summed E-state index contributed by atoms with van der Waals surface area (Å²) in [5.74, 6) is -2.44. The lowest BCUT2D eigenvalue weighted by Gasteiger charge is -2.19. The molecule has 9 heteroatoms. The average molecular weight is 397 g/mol. The van der Waals surface area contributed by atoms with Gasteiger partial charge in [-0.15, -0.1) is 11.3 Å². The molecule has 148 valence electrons. The number of hydrogen-bond donors (Lipinski definition) is 1. The molecule has 1 aromatic heterocycles. The van der Waals surface area contributed by atoms with Gasteiger partial charge in [-0.05, 0) is 25.3 Å². The lowest BCUT2D eigenvalue weighted by Crippen LogP contribution is -2.26. The van der Waals surface area contributed by atoms with Crippen LogP contribution in [0.15, 0.2) is 0 Å². The molecule has 1 amide bonds. The van der Waals surface area contributed by atoms with Crippen molar-refractivity contribution in [3.8, 4) is 0 Å². The Labute approximate surface area is 161 Å². The van der Waals surface area contributed by atoms with Gasteiger partial charge in [0.25, 0.3) is 5.91 Å². The molecule has 1 N–H and O–H groups in total. The third kappa shape index (κ3) is 5.06. The summed E-state index contributed by atoms with van der Waals surface area (Å²) in [6.45, 7) is 1.11. The van der Waals surface area contributed by atoms with Crippen molar-refractivity contribution in [3.63, 3.8) is 0 Å². The Hall–Kier alpha value is -2.42. The van der Waals surface area contributed by atoms with Crippen molar-refractivity contribution in [2.24, 2.45) is 5.92 Å². The molecule has 1 aliphatic carbocycles. The smallest absolute Gasteiger partial charge is 0.348 e. The Morgan fingerprint density at radius 3 is 2.26 bits per heavy atom. The summed E-state index contributed by atoms with van der Waals surface area (Å²) in [6.07, 6.45) is 4.64. The number of amides is 1. The van der Waals surface area contributed by atoms with E-state index in [0.717, 1.165) is 43.4 Å². The van der Waals surface area contributed by atoms with Crippen LogP contribution in [0.2, 0.25) is 0 Å². The lowest BCUT2D eigenvalue weighted by molar-refractivity contribution is -0.152. The first-order valence-corrected chi connectivity index (χ1v) is 9.47. The van der Waals surface area contributed by atoms with Crippen LogP contribution in [0.3, 0.4) is 0 Å². The predicted molar refractivity (Wildman–Crippen MR) is 97.9 cm³/mol. The van der Waals surface area contributed by atoms with E-state index in [1.165, 1.54) is 14.2 Å². The molecule has 1 aliphatic rings. The van der Waals surface area contributed by atoms with E-state index >= 15 is 0 Å². The largest absolute Gasteiger partial charge is 0.465 e. The fraction of sp³-hybridized carbons (Fsp3) is 0.556. The Morgan fingerprint density at radius 1 is 1.04 bits per heavy atom. The monoisotopic (exact) mass is 397 g/mol. The summed E-state index contributed by atoms with van der Waals surface area (Å²) >= 11 is 0.905. The lowest BCUT2D eigenvalue weighted by atomic mass is 9.89. The minimum Gasteiger partial charge on any atom is -0.465 e. The second-order valence-corrected chi connectivity index (χ2v) is 7.25. The average Bonchev–Trinajstić information content (AvgIpc) is 3.01. The van der Waals surface area contributed by atoms with Crippen molar-refractivity contribution < 1.29 is 33.4 Å². The Bertz CT molecular complexity index is 734. The number of carbonyl (C=O) groups excluding carboxylic acids is 4. The van der Waals surface area contributed by atoms with Gasteiger partial charge in [-0.1, -0.05) is 19.3 Å². The van der Waals surface area contributed by atoms with Crippen LogP contribution in [-0.4, -0.2) is 44.6 Å². The molecule has 0 saturated heterocycles. The van der Waals surface area contributed by atoms with Gasteiger partial charge < -0.3 is 19.5 Å². The maximum Gasteiger partial charge on any atom is 0.348 e. The second-order valence-electron chi connectivity index (χ2n) is 6.23. The van der Waals surface area contributed by atoms with E-state index in [1.807, 2.05) is 0 Å². The van der Waals surface area contributed by atoms with E-state index in [0.29, 0.717) is 5.56 Å². The summed E-state index contributed by atoms with van der Waals surface area (Å²) in [7, 11) is 2.43. The van der Waals surface area contributed by atoms with Gasteiger partial charge in [0, 0.05) is 0 Å². The van der Waals surface area contributed by atoms with Crippen molar-refractivity contribution in [3.05, 3.63) is 16.0 Å². The van der Waals surface area contributed by atoms with Crippen LogP contribution in [0.1, 0.15) is 57.7 Å². The number of esters is 3. The van der Waals surface area contributed by atoms with Gasteiger partial charge in [-0.25, -0.2) is 9.59 Å². The molecule has 0 bridgehead atoms. The Morgan fingerprint density at radius 2 is 1.67 bits per heavy atom. The van der Waals surface area contributed by atoms with Gasteiger partial charge in [-0.3, -0.25) is 9.59 Å². The minimum absolute atomic E-state index is 0.0786. The zero-order valence-electron chi connectivity index (χ0n) is 15.6. The maximum absolute atomic E-state index is 12.2. The quantitative estimate of drug-likeness (QED) is 0.581. The van der Waals surface area contributed by atoms with Crippen LogP contribution in [0, 0.1) is 12.8 Å². The van der Waals surface area contributed by atoms with E-state index in [-0.39, 0.29) is 27.3 Å². The van der Waals surface area contributed by atoms with Crippen molar-refractivity contribution in [1.82, 2.24) is 0 Å². The highest BCUT2D eigenvalue weighted by Gasteiger charge is 2.27. The van der Waals surface area contributed by atoms with Crippen LogP contribution in [0.5, 0.6) is 0 Å². The number of nitrogens with one attached hydrogen (secondary N) is 1. The zero-order valence-corrected chi connectivity index (χ0v) is 16.4. The number of anilines is 1. The van der Waals surface area contributed by atoms with Crippen molar-refractivity contribution in [1.29, 1.82) is 0 Å². The van der Waals surface area contributed by atoms with Gasteiger partial charge in [0.1, 0.15) is 9.88 Å². The number of methoxy groups -OCH3 is 2. The first kappa shape index (κ1) is 20.9. The molecular formula is C18H23NO7S. The van der Waals surface area contributed by atoms with Gasteiger partial charge in [0.15, 0.2) is 6.61 Å². The number of hydrogen-bond acceptors (Lipinski definition) is 8. The van der Waals surface area contributed by atoms with Gasteiger partial charge in [0.2, 0.25) is 0 Å². The van der Waals surface area contributed by atoms with E-state index in [4.69, 9.17) is 9.47 Å². The third-order valence-electron chi connectivity index (χ3n) is 4.44. The highest BCUT2D eigenvalue weighted by Crippen LogP contribution is 2.34. The molecule has 0 radical (unpaired) electrons. The number of rotatable bonds is 6. The Kier molecular flexibility index (Phi) is 7.35. The first-order chi connectivity index (χ1) is 12.9. The fourth-order valence-corrected chi connectivity index (χ4v) is 4.12. The maximum atomic E-state index is 12.2. The summed E-state index contributed by atoms with van der Waals surface area (Å²) in [6, 6.07) is 0. The van der Waals surface area contributed by atoms with Crippen molar-refractivity contribution >= 4 is 40.2 Å². The number of thiophene rings is 1. The molecule has 1 heterocycles. The molecule has 0 aliphatic heterocycles. The molecule has 0 aromatic carbocycles. The SMILES string of the molecule is COC(=O)c1sc(NC(=O)COC(=O)C2CCCCC2)c(C(=O)OC)c1C. The number of carbonyl (C=O) groups is 4. The van der Waals surface area contributed by atoms with Crippen molar-refractivity contribution in [2.75, 3.05) is 26.1 Å². The molecule has 2 rings (SSSR count). The minimum atomic E-state index is -0.687. The molecule has 8 nitrogen and oxygen atoms in total. The van der Waals surface area contributed by atoms with Crippen LogP contribution in [0.25, 0.3) is 0 Å². The number of ether oxygens (including phenoxy) is 3. The highest BCUT2D eigenvalue weighted by molar-refractivity contribution is 7.18. The van der Waals surface area contributed by atoms with Gasteiger partial charge >= 0.3 is 17.9 Å². The molecule has 1 fully saturated rings. The van der Waals surface area contributed by atoms with E-state index < -0.39 is 24.5 Å². The third-order valence-corrected chi connectivity index (χ3v) is 5.63. The topological polar surface area (TPSA) is 108 Å². The Balaban J connectivity index is 2.06. The standard InChI is InChI=1S/C18H23NO7S/c1-10-13(17(22)24-2)15(27-14(10)18(23)25-3)19-12(20)9-26-16(21)11-7-5-4-6-8-11/h11H,4-9H2,1-3H3,(H,19,20). The molecule has 0 atom stereocenters. The summed E-state index contributed by atoms with van der Waals surface area (Å²) < 4.78 is 14.5. The molecular weight excluding hydrogens is 374 g/mol.